The maximum Gasteiger partial charge on any atom is 0.249 e. The van der Waals surface area contributed by atoms with Crippen molar-refractivity contribution in [2.75, 3.05) is 39.9 Å². The van der Waals surface area contributed by atoms with Crippen LogP contribution < -0.4 is 5.32 Å². The van der Waals surface area contributed by atoms with Crippen LogP contribution in [-0.2, 0) is 14.3 Å². The molecule has 2 saturated heterocycles. The number of thiophene rings is 1. The maximum absolute atomic E-state index is 14.3. The minimum atomic E-state index is -0.976. The molecule has 4 atom stereocenters. The summed E-state index contributed by atoms with van der Waals surface area (Å²) in [5.74, 6) is -2.74. The first kappa shape index (κ1) is 27.5. The van der Waals surface area contributed by atoms with Crippen molar-refractivity contribution in [1.82, 2.24) is 15.1 Å². The number of piperazine rings is 1. The summed E-state index contributed by atoms with van der Waals surface area (Å²) < 4.78 is 19.2. The smallest absolute Gasteiger partial charge is 0.249 e. The van der Waals surface area contributed by atoms with Crippen LogP contribution >= 0.6 is 22.9 Å². The van der Waals surface area contributed by atoms with E-state index in [1.807, 2.05) is 17.5 Å². The number of benzene rings is 2. The molecule has 39 heavy (non-hydrogen) atoms. The van der Waals surface area contributed by atoms with E-state index in [2.05, 4.69) is 5.32 Å². The van der Waals surface area contributed by atoms with Gasteiger partial charge in [0.15, 0.2) is 5.78 Å². The summed E-state index contributed by atoms with van der Waals surface area (Å²) in [7, 11) is 1.42. The van der Waals surface area contributed by atoms with Crippen molar-refractivity contribution in [3.63, 3.8) is 0 Å². The first-order valence-corrected chi connectivity index (χ1v) is 14.0. The standard InChI is InChI=1S/C29H29ClFN3O4S/c1-38-17-23(35)34-26(19-6-10-21(31)11-7-19)25(28(36)22-3-2-16-39-22)24(18-4-8-20(30)9-5-18)27(34)29(37)33-14-12-32-13-15-33/h2-11,16,24-27,32H,12-15,17H2,1H3. The summed E-state index contributed by atoms with van der Waals surface area (Å²) in [5.41, 5.74) is 1.30. The summed E-state index contributed by atoms with van der Waals surface area (Å²) in [5, 5.41) is 5.59. The van der Waals surface area contributed by atoms with Crippen molar-refractivity contribution in [3.05, 3.63) is 92.9 Å². The van der Waals surface area contributed by atoms with Crippen molar-refractivity contribution in [3.8, 4) is 0 Å². The predicted octanol–water partition coefficient (Wildman–Crippen LogP) is 4.15. The number of nitrogens with one attached hydrogen (secondary N) is 1. The molecule has 2 fully saturated rings. The molecular formula is C29H29ClFN3O4S. The van der Waals surface area contributed by atoms with Crippen molar-refractivity contribution in [1.29, 1.82) is 0 Å². The zero-order valence-corrected chi connectivity index (χ0v) is 23.0. The highest BCUT2D eigenvalue weighted by Gasteiger charge is 2.58. The van der Waals surface area contributed by atoms with E-state index < -0.39 is 35.6 Å². The summed E-state index contributed by atoms with van der Waals surface area (Å²) in [6, 6.07) is 14.6. The molecule has 0 bridgehead atoms. The van der Waals surface area contributed by atoms with Crippen molar-refractivity contribution < 1.29 is 23.5 Å². The van der Waals surface area contributed by atoms with Crippen LogP contribution in [-0.4, -0.2) is 73.3 Å². The highest BCUT2D eigenvalue weighted by Crippen LogP contribution is 2.52. The average molecular weight is 570 g/mol. The number of ether oxygens (including phenoxy) is 1. The lowest BCUT2D eigenvalue weighted by Gasteiger charge is -2.36. The van der Waals surface area contributed by atoms with Gasteiger partial charge in [-0.15, -0.1) is 11.3 Å². The van der Waals surface area contributed by atoms with E-state index in [0.717, 1.165) is 5.56 Å². The first-order valence-electron chi connectivity index (χ1n) is 12.8. The van der Waals surface area contributed by atoms with E-state index in [4.69, 9.17) is 16.3 Å². The second-order valence-corrected chi connectivity index (χ2v) is 11.1. The Bertz CT molecular complexity index is 1310. The molecule has 3 heterocycles. The molecule has 0 saturated carbocycles. The number of rotatable bonds is 7. The van der Waals surface area contributed by atoms with Crippen LogP contribution in [0.2, 0.25) is 5.02 Å². The summed E-state index contributed by atoms with van der Waals surface area (Å²) in [6.45, 7) is 1.97. The largest absolute Gasteiger partial charge is 0.375 e. The van der Waals surface area contributed by atoms with Gasteiger partial charge in [-0.05, 0) is 46.8 Å². The highest BCUT2D eigenvalue weighted by atomic mass is 35.5. The van der Waals surface area contributed by atoms with Gasteiger partial charge in [0.05, 0.1) is 16.8 Å². The quantitative estimate of drug-likeness (QED) is 0.433. The van der Waals surface area contributed by atoms with Gasteiger partial charge in [0.2, 0.25) is 11.8 Å². The van der Waals surface area contributed by atoms with Gasteiger partial charge in [-0.25, -0.2) is 4.39 Å². The van der Waals surface area contributed by atoms with Crippen LogP contribution in [0.4, 0.5) is 4.39 Å². The Morgan fingerprint density at radius 1 is 1.03 bits per heavy atom. The second kappa shape index (κ2) is 12.0. The van der Waals surface area contributed by atoms with Gasteiger partial charge in [0, 0.05) is 44.2 Å². The van der Waals surface area contributed by atoms with Gasteiger partial charge in [-0.3, -0.25) is 14.4 Å². The molecule has 1 N–H and O–H groups in total. The van der Waals surface area contributed by atoms with Crippen molar-refractivity contribution in [2.45, 2.75) is 18.0 Å². The van der Waals surface area contributed by atoms with Crippen molar-refractivity contribution in [2.24, 2.45) is 5.92 Å². The highest BCUT2D eigenvalue weighted by molar-refractivity contribution is 7.12. The van der Waals surface area contributed by atoms with Gasteiger partial charge in [-0.2, -0.15) is 0 Å². The number of likely N-dealkylation sites (tertiary alicyclic amines) is 1. The maximum atomic E-state index is 14.3. The normalized spacial score (nSPS) is 23.2. The third kappa shape index (κ3) is 5.49. The molecule has 7 nitrogen and oxygen atoms in total. The molecular weight excluding hydrogens is 541 g/mol. The number of nitrogens with zero attached hydrogens (tertiary/aromatic N) is 2. The lowest BCUT2D eigenvalue weighted by atomic mass is 9.77. The van der Waals surface area contributed by atoms with Crippen LogP contribution in [0.25, 0.3) is 0 Å². The van der Waals surface area contributed by atoms with Crippen LogP contribution in [0, 0.1) is 11.7 Å². The molecule has 2 amide bonds. The van der Waals surface area contributed by atoms with Gasteiger partial charge in [0.25, 0.3) is 0 Å². The van der Waals surface area contributed by atoms with Gasteiger partial charge in [0.1, 0.15) is 18.5 Å². The summed E-state index contributed by atoms with van der Waals surface area (Å²) in [6.07, 6.45) is 0. The molecule has 10 heteroatoms. The fourth-order valence-electron chi connectivity index (χ4n) is 5.76. The molecule has 0 aliphatic carbocycles. The Morgan fingerprint density at radius 3 is 2.31 bits per heavy atom. The number of hydrogen-bond donors (Lipinski definition) is 1. The molecule has 2 aromatic carbocycles. The SMILES string of the molecule is COCC(=O)N1C(C(=O)N2CCNCC2)C(c2ccc(Cl)cc2)C(C(=O)c2cccs2)C1c1ccc(F)cc1. The Labute approximate surface area is 235 Å². The Kier molecular flexibility index (Phi) is 8.42. The van der Waals surface area contributed by atoms with E-state index in [1.54, 1.807) is 41.3 Å². The third-order valence-electron chi connectivity index (χ3n) is 7.44. The van der Waals surface area contributed by atoms with E-state index in [0.29, 0.717) is 41.6 Å². The van der Waals surface area contributed by atoms with Gasteiger partial charge in [-0.1, -0.05) is 41.9 Å². The molecule has 4 unspecified atom stereocenters. The molecule has 3 aromatic rings. The fraction of sp³-hybridized carbons (Fsp3) is 0.345. The number of methoxy groups -OCH3 is 1. The molecule has 0 radical (unpaired) electrons. The Hall–Kier alpha value is -3.11. The number of amides is 2. The molecule has 2 aliphatic heterocycles. The summed E-state index contributed by atoms with van der Waals surface area (Å²) >= 11 is 7.53. The average Bonchev–Trinajstić information content (AvgIpc) is 3.61. The second-order valence-electron chi connectivity index (χ2n) is 9.70. The van der Waals surface area contributed by atoms with E-state index in [1.165, 1.54) is 35.5 Å². The Balaban J connectivity index is 1.74. The number of hydrogen-bond acceptors (Lipinski definition) is 6. The van der Waals surface area contributed by atoms with Gasteiger partial charge < -0.3 is 19.9 Å². The minimum Gasteiger partial charge on any atom is -0.375 e. The Morgan fingerprint density at radius 2 is 1.69 bits per heavy atom. The number of carbonyl (C=O) groups is 3. The predicted molar refractivity (Wildman–Crippen MR) is 147 cm³/mol. The lowest BCUT2D eigenvalue weighted by molar-refractivity contribution is -0.148. The topological polar surface area (TPSA) is 79.0 Å². The summed E-state index contributed by atoms with van der Waals surface area (Å²) in [4.78, 5) is 46.2. The first-order chi connectivity index (χ1) is 18.9. The number of Topliss-reactive ketones (excluding diaryl/α,β-unsaturated/α-hetero) is 1. The monoisotopic (exact) mass is 569 g/mol. The van der Waals surface area contributed by atoms with E-state index in [9.17, 15) is 18.8 Å². The van der Waals surface area contributed by atoms with Gasteiger partial charge >= 0.3 is 0 Å². The zero-order valence-electron chi connectivity index (χ0n) is 21.4. The van der Waals surface area contributed by atoms with Crippen LogP contribution in [0.5, 0.6) is 0 Å². The van der Waals surface area contributed by atoms with E-state index in [-0.39, 0.29) is 18.3 Å². The third-order valence-corrected chi connectivity index (χ3v) is 8.57. The molecule has 0 spiro atoms. The fourth-order valence-corrected chi connectivity index (χ4v) is 6.60. The number of halogens is 2. The van der Waals surface area contributed by atoms with Crippen LogP contribution in [0.15, 0.2) is 66.0 Å². The van der Waals surface area contributed by atoms with Crippen molar-refractivity contribution >= 4 is 40.5 Å². The van der Waals surface area contributed by atoms with Crippen LogP contribution in [0.3, 0.4) is 0 Å². The molecule has 1 aromatic heterocycles. The van der Waals surface area contributed by atoms with E-state index >= 15 is 0 Å². The molecule has 5 rings (SSSR count). The molecule has 204 valence electrons. The van der Waals surface area contributed by atoms with Crippen LogP contribution in [0.1, 0.15) is 32.8 Å². The number of ketones is 1. The lowest BCUT2D eigenvalue weighted by Crippen LogP contribution is -2.55. The molecule has 2 aliphatic rings. The minimum absolute atomic E-state index is 0.176. The number of carbonyl (C=O) groups excluding carboxylic acids is 3. The zero-order chi connectivity index (χ0) is 27.5.